The van der Waals surface area contributed by atoms with Crippen LogP contribution in [0.15, 0.2) is 67.0 Å². The monoisotopic (exact) mass is 777 g/mol. The maximum Gasteiger partial charge on any atom is 0.335 e. The van der Waals surface area contributed by atoms with Crippen molar-refractivity contribution in [1.82, 2.24) is 19.5 Å². The molecule has 0 radical (unpaired) electrons. The molecule has 4 aromatic rings. The molecule has 2 aromatic carbocycles. The third-order valence-electron chi connectivity index (χ3n) is 11.2. The summed E-state index contributed by atoms with van der Waals surface area (Å²) in [5, 5.41) is 1.92. The van der Waals surface area contributed by atoms with Crippen molar-refractivity contribution in [1.29, 1.82) is 0 Å². The molecule has 0 saturated carbocycles. The number of ether oxygens (including phenoxy) is 2. The topological polar surface area (TPSA) is 125 Å². The number of fused-ring (bicyclic) bond motifs is 2. The van der Waals surface area contributed by atoms with Gasteiger partial charge in [-0.15, -0.1) is 0 Å². The highest BCUT2D eigenvalue weighted by Crippen LogP contribution is 2.49. The number of rotatable bonds is 10. The summed E-state index contributed by atoms with van der Waals surface area (Å²) in [7, 11) is -7.07. The molecular formula is C39H59N5O6Si3. The van der Waals surface area contributed by atoms with E-state index in [2.05, 4.69) is 125 Å². The molecule has 2 aliphatic heterocycles. The molecule has 0 spiro atoms. The van der Waals surface area contributed by atoms with E-state index in [0.717, 1.165) is 10.4 Å². The van der Waals surface area contributed by atoms with Crippen LogP contribution < -0.4 is 20.5 Å². The number of benzene rings is 2. The van der Waals surface area contributed by atoms with Gasteiger partial charge in [-0.2, -0.15) is 9.97 Å². The van der Waals surface area contributed by atoms with Crippen molar-refractivity contribution >= 4 is 52.9 Å². The summed E-state index contributed by atoms with van der Waals surface area (Å²) in [4.78, 5) is 14.4. The van der Waals surface area contributed by atoms with E-state index in [1.54, 1.807) is 13.4 Å². The van der Waals surface area contributed by atoms with Crippen LogP contribution in [-0.2, 0) is 22.4 Å². The SMILES string of the molecule is CO[C@@H]1[C@@H]2O[Si](C(C)C)(C(C)C)O[Si](C(C)C)(C(C)C)OC[C@H]2O[C@H]1n1cnc2c(O[Si](c3ccccc3)(c3ccccc3)C(C)(C)C)nc(N)nc21. The standard InChI is InChI=1S/C39H59N5O6Si3/c1-25(2)52(26(3)4)46-23-31-33(48-53(50-52,27(5)6)28(7)8)34(45-12)37(47-31)44-24-41-32-35(44)42-38(40)43-36(32)49-51(39(9,10)11,29-19-15-13-16-20-29)30-21-17-14-18-22-30/h13-22,24-28,31,33-34,37H,23H2,1-12H3,(H2,40,42,43)/t31-,33-,34-,37-/m1/s1. The van der Waals surface area contributed by atoms with E-state index >= 15 is 0 Å². The van der Waals surface area contributed by atoms with Gasteiger partial charge in [0.05, 0.1) is 12.9 Å². The van der Waals surface area contributed by atoms with Crippen molar-refractivity contribution in [2.75, 3.05) is 19.5 Å². The highest BCUT2D eigenvalue weighted by atomic mass is 28.5. The van der Waals surface area contributed by atoms with Gasteiger partial charge in [0.15, 0.2) is 17.4 Å². The molecule has 0 unspecified atom stereocenters. The number of nitrogens with zero attached hydrogens (tertiary/aromatic N) is 4. The van der Waals surface area contributed by atoms with Gasteiger partial charge in [-0.05, 0) is 37.6 Å². The molecule has 2 N–H and O–H groups in total. The van der Waals surface area contributed by atoms with Crippen molar-refractivity contribution in [3.05, 3.63) is 67.0 Å². The van der Waals surface area contributed by atoms with Gasteiger partial charge in [-0.3, -0.25) is 4.57 Å². The van der Waals surface area contributed by atoms with Crippen LogP contribution in [0.3, 0.4) is 0 Å². The maximum absolute atomic E-state index is 7.44. The van der Waals surface area contributed by atoms with Crippen LogP contribution in [0.25, 0.3) is 11.2 Å². The lowest BCUT2D eigenvalue weighted by Gasteiger charge is -2.51. The molecule has 288 valence electrons. The Labute approximate surface area is 318 Å². The summed E-state index contributed by atoms with van der Waals surface area (Å²) in [6.45, 7) is 24.7. The largest absolute Gasteiger partial charge is 0.519 e. The number of nitrogen functional groups attached to an aromatic ring is 1. The fourth-order valence-electron chi connectivity index (χ4n) is 8.56. The van der Waals surface area contributed by atoms with Gasteiger partial charge in [-0.1, -0.05) is 137 Å². The van der Waals surface area contributed by atoms with E-state index in [1.807, 2.05) is 16.7 Å². The molecule has 0 aliphatic carbocycles. The lowest BCUT2D eigenvalue weighted by atomic mass is 10.1. The third kappa shape index (κ3) is 6.72. The zero-order valence-electron chi connectivity index (χ0n) is 33.5. The summed E-state index contributed by atoms with van der Waals surface area (Å²) in [6.07, 6.45) is -0.291. The lowest BCUT2D eigenvalue weighted by molar-refractivity contribution is -0.0602. The van der Waals surface area contributed by atoms with Crippen LogP contribution in [0.2, 0.25) is 27.2 Å². The Bertz CT molecular complexity index is 1800. The summed E-state index contributed by atoms with van der Waals surface area (Å²) in [6, 6.07) is 20.9. The second-order valence-corrected chi connectivity index (χ2v) is 29.9. The molecule has 4 atom stereocenters. The third-order valence-corrected chi connectivity index (χ3v) is 26.4. The van der Waals surface area contributed by atoms with E-state index in [0.29, 0.717) is 23.7 Å². The molecule has 0 amide bonds. The minimum absolute atomic E-state index is 0.0776. The summed E-state index contributed by atoms with van der Waals surface area (Å²) in [5.41, 5.74) is 8.26. The van der Waals surface area contributed by atoms with Crippen LogP contribution in [0.1, 0.15) is 82.4 Å². The van der Waals surface area contributed by atoms with Gasteiger partial charge in [0.1, 0.15) is 18.3 Å². The smallest absolute Gasteiger partial charge is 0.335 e. The Morgan fingerprint density at radius 1 is 0.830 bits per heavy atom. The fraction of sp³-hybridized carbons (Fsp3) is 0.564. The Morgan fingerprint density at radius 2 is 1.38 bits per heavy atom. The van der Waals surface area contributed by atoms with Crippen LogP contribution in [0.5, 0.6) is 5.88 Å². The first-order chi connectivity index (χ1) is 25.0. The van der Waals surface area contributed by atoms with Gasteiger partial charge < -0.3 is 32.6 Å². The quantitative estimate of drug-likeness (QED) is 0.165. The van der Waals surface area contributed by atoms with E-state index in [4.69, 9.17) is 47.6 Å². The maximum atomic E-state index is 7.44. The highest BCUT2D eigenvalue weighted by Gasteiger charge is 2.62. The summed E-state index contributed by atoms with van der Waals surface area (Å²) >= 11 is 0. The predicted molar refractivity (Wildman–Crippen MR) is 217 cm³/mol. The normalized spacial score (nSPS) is 23.5. The molecule has 2 fully saturated rings. The van der Waals surface area contributed by atoms with Gasteiger partial charge in [0.2, 0.25) is 11.8 Å². The number of aromatic nitrogens is 4. The first kappa shape index (κ1) is 39.7. The van der Waals surface area contributed by atoms with Crippen molar-refractivity contribution in [2.24, 2.45) is 0 Å². The van der Waals surface area contributed by atoms with Crippen molar-refractivity contribution < 1.29 is 26.9 Å². The molecule has 11 nitrogen and oxygen atoms in total. The Balaban J connectivity index is 1.46. The number of anilines is 1. The molecule has 2 aromatic heterocycles. The van der Waals surface area contributed by atoms with Gasteiger partial charge in [0, 0.05) is 7.11 Å². The molecule has 0 bridgehead atoms. The number of hydrogen-bond acceptors (Lipinski definition) is 10. The molecule has 6 rings (SSSR count). The zero-order valence-corrected chi connectivity index (χ0v) is 36.5. The van der Waals surface area contributed by atoms with E-state index < -0.39 is 50.0 Å². The van der Waals surface area contributed by atoms with Gasteiger partial charge >= 0.3 is 25.4 Å². The average molecular weight is 778 g/mol. The van der Waals surface area contributed by atoms with E-state index in [1.165, 1.54) is 0 Å². The Kier molecular flexibility index (Phi) is 11.2. The minimum Gasteiger partial charge on any atom is -0.519 e. The average Bonchev–Trinajstić information content (AvgIpc) is 3.67. The first-order valence-electron chi connectivity index (χ1n) is 19.0. The Morgan fingerprint density at radius 3 is 1.87 bits per heavy atom. The molecule has 2 aliphatic rings. The van der Waals surface area contributed by atoms with Crippen molar-refractivity contribution in [3.8, 4) is 5.88 Å². The highest BCUT2D eigenvalue weighted by molar-refractivity contribution is 7.00. The minimum atomic E-state index is -3.07. The second kappa shape index (κ2) is 14.9. The van der Waals surface area contributed by atoms with Gasteiger partial charge in [0.25, 0.3) is 0 Å². The van der Waals surface area contributed by atoms with Crippen LogP contribution in [0.4, 0.5) is 5.95 Å². The zero-order chi connectivity index (χ0) is 38.5. The molecule has 14 heteroatoms. The van der Waals surface area contributed by atoms with E-state index in [-0.39, 0.29) is 33.2 Å². The van der Waals surface area contributed by atoms with Crippen LogP contribution >= 0.6 is 0 Å². The Hall–Kier alpha value is -2.96. The number of nitrogens with two attached hydrogens (primary N) is 1. The summed E-state index contributed by atoms with van der Waals surface area (Å²) < 4.78 is 44.3. The van der Waals surface area contributed by atoms with E-state index in [9.17, 15) is 0 Å². The predicted octanol–water partition coefficient (Wildman–Crippen LogP) is 7.22. The van der Waals surface area contributed by atoms with Crippen LogP contribution in [-0.4, -0.2) is 77.0 Å². The van der Waals surface area contributed by atoms with Gasteiger partial charge in [-0.25, -0.2) is 4.98 Å². The number of imidazole rings is 1. The molecule has 2 saturated heterocycles. The molecule has 4 heterocycles. The second-order valence-electron chi connectivity index (χ2n) is 16.8. The number of hydrogen-bond donors (Lipinski definition) is 1. The van der Waals surface area contributed by atoms with Crippen LogP contribution in [0, 0.1) is 0 Å². The fourth-order valence-corrected chi connectivity index (χ4v) is 24.1. The van der Waals surface area contributed by atoms with Crippen molar-refractivity contribution in [3.63, 3.8) is 0 Å². The number of methoxy groups -OCH3 is 1. The molecule has 53 heavy (non-hydrogen) atoms. The molecular weight excluding hydrogens is 719 g/mol. The summed E-state index contributed by atoms with van der Waals surface area (Å²) in [5.74, 6) is 0.413. The first-order valence-corrected chi connectivity index (χ1v) is 24.9. The van der Waals surface area contributed by atoms with Crippen molar-refractivity contribution in [2.45, 2.75) is 128 Å². The lowest BCUT2D eigenvalue weighted by Crippen LogP contribution is -2.69.